The largest absolute Gasteiger partial charge is 0.277 e. The van der Waals surface area contributed by atoms with Gasteiger partial charge in [0, 0.05) is 26.4 Å². The predicted octanol–water partition coefficient (Wildman–Crippen LogP) is 4.32. The smallest absolute Gasteiger partial charge is 0.101 e. The van der Waals surface area contributed by atoms with Crippen LogP contribution in [0.3, 0.4) is 0 Å². The minimum Gasteiger partial charge on any atom is -0.277 e. The van der Waals surface area contributed by atoms with E-state index in [0.29, 0.717) is 5.56 Å². The van der Waals surface area contributed by atoms with Crippen LogP contribution in [0.2, 0.25) is 0 Å². The van der Waals surface area contributed by atoms with E-state index in [0.717, 1.165) is 22.2 Å². The van der Waals surface area contributed by atoms with E-state index in [9.17, 15) is 0 Å². The zero-order valence-corrected chi connectivity index (χ0v) is 11.2. The molecule has 0 unspecified atom stereocenters. The van der Waals surface area contributed by atoms with E-state index in [1.807, 2.05) is 24.3 Å². The zero-order chi connectivity index (χ0) is 13.5. The lowest BCUT2D eigenvalue weighted by Crippen LogP contribution is -1.78. The van der Waals surface area contributed by atoms with Gasteiger partial charge in [0.25, 0.3) is 0 Å². The molecule has 0 aliphatic carbocycles. The Morgan fingerprint density at radius 3 is 2.90 bits per heavy atom. The van der Waals surface area contributed by atoms with E-state index in [1.54, 1.807) is 17.4 Å². The van der Waals surface area contributed by atoms with Crippen LogP contribution in [-0.2, 0) is 0 Å². The maximum Gasteiger partial charge on any atom is 0.101 e. The molecule has 2 aromatic carbocycles. The Balaban J connectivity index is 2.05. The molecule has 0 spiro atoms. The van der Waals surface area contributed by atoms with Gasteiger partial charge in [-0.25, -0.2) is 0 Å². The molecule has 1 N–H and O–H groups in total. The van der Waals surface area contributed by atoms with E-state index in [2.05, 4.69) is 33.8 Å². The first-order valence-electron chi connectivity index (χ1n) is 6.21. The van der Waals surface area contributed by atoms with Gasteiger partial charge in [-0.05, 0) is 24.3 Å². The van der Waals surface area contributed by atoms with Crippen LogP contribution in [0.15, 0.2) is 47.8 Å². The molecular formula is C16H9N3S. The molecule has 2 heterocycles. The van der Waals surface area contributed by atoms with Crippen LogP contribution >= 0.6 is 11.3 Å². The van der Waals surface area contributed by atoms with Gasteiger partial charge in [0.2, 0.25) is 0 Å². The second-order valence-electron chi connectivity index (χ2n) is 4.59. The Bertz CT molecular complexity index is 972. The predicted molar refractivity (Wildman–Crippen MR) is 81.6 cm³/mol. The fourth-order valence-corrected chi connectivity index (χ4v) is 3.40. The molecule has 4 aromatic rings. The van der Waals surface area contributed by atoms with Gasteiger partial charge in [0.15, 0.2) is 0 Å². The number of hydrogen-bond donors (Lipinski definition) is 1. The summed E-state index contributed by atoms with van der Waals surface area (Å²) in [4.78, 5) is 0. The van der Waals surface area contributed by atoms with Gasteiger partial charge in [-0.1, -0.05) is 18.2 Å². The number of rotatable bonds is 1. The maximum absolute atomic E-state index is 9.05. The van der Waals surface area contributed by atoms with Gasteiger partial charge in [-0.2, -0.15) is 10.4 Å². The normalized spacial score (nSPS) is 10.9. The number of nitriles is 1. The molecule has 0 atom stereocenters. The van der Waals surface area contributed by atoms with Crippen molar-refractivity contribution in [3.8, 4) is 17.3 Å². The number of hydrogen-bond acceptors (Lipinski definition) is 3. The summed E-state index contributed by atoms with van der Waals surface area (Å²) in [5, 5.41) is 20.8. The number of benzene rings is 2. The van der Waals surface area contributed by atoms with Crippen LogP contribution in [0.4, 0.5) is 0 Å². The number of aromatic nitrogens is 2. The van der Waals surface area contributed by atoms with Crippen molar-refractivity contribution in [2.24, 2.45) is 0 Å². The highest BCUT2D eigenvalue weighted by Gasteiger charge is 2.13. The van der Waals surface area contributed by atoms with E-state index in [1.165, 1.54) is 10.1 Å². The summed E-state index contributed by atoms with van der Waals surface area (Å²) in [7, 11) is 0. The number of thiophene rings is 1. The summed E-state index contributed by atoms with van der Waals surface area (Å²) in [5.41, 5.74) is 3.63. The molecule has 0 aliphatic rings. The second-order valence-corrected chi connectivity index (χ2v) is 5.50. The topological polar surface area (TPSA) is 52.5 Å². The first-order valence-corrected chi connectivity index (χ1v) is 7.09. The highest BCUT2D eigenvalue weighted by Crippen LogP contribution is 2.36. The quantitative estimate of drug-likeness (QED) is 0.562. The van der Waals surface area contributed by atoms with Crippen LogP contribution in [0.5, 0.6) is 0 Å². The summed E-state index contributed by atoms with van der Waals surface area (Å²) in [5.74, 6) is 0. The fourth-order valence-electron chi connectivity index (χ4n) is 2.45. The summed E-state index contributed by atoms with van der Waals surface area (Å²) in [6, 6.07) is 16.1. The van der Waals surface area contributed by atoms with Crippen LogP contribution < -0.4 is 0 Å². The van der Waals surface area contributed by atoms with E-state index in [-0.39, 0.29) is 0 Å². The van der Waals surface area contributed by atoms with Crippen molar-refractivity contribution in [1.29, 1.82) is 5.26 Å². The second kappa shape index (κ2) is 4.19. The van der Waals surface area contributed by atoms with Gasteiger partial charge in [0.1, 0.15) is 5.69 Å². The Labute approximate surface area is 119 Å². The molecule has 4 heteroatoms. The SMILES string of the molecule is N#Cc1ccc2[nH]nc(-c3csc4ccccc34)c2c1. The minimum atomic E-state index is 0.652. The van der Waals surface area contributed by atoms with Crippen molar-refractivity contribution in [2.75, 3.05) is 0 Å². The maximum atomic E-state index is 9.05. The highest BCUT2D eigenvalue weighted by molar-refractivity contribution is 7.17. The molecule has 3 nitrogen and oxygen atoms in total. The number of nitrogens with zero attached hydrogens (tertiary/aromatic N) is 2. The molecule has 0 saturated carbocycles. The van der Waals surface area contributed by atoms with Gasteiger partial charge in [-0.15, -0.1) is 11.3 Å². The first kappa shape index (κ1) is 11.2. The Hall–Kier alpha value is -2.64. The summed E-state index contributed by atoms with van der Waals surface area (Å²) < 4.78 is 1.25. The molecule has 0 saturated heterocycles. The zero-order valence-electron chi connectivity index (χ0n) is 10.4. The Morgan fingerprint density at radius 2 is 2.00 bits per heavy atom. The van der Waals surface area contributed by atoms with Crippen molar-refractivity contribution in [3.05, 3.63) is 53.4 Å². The van der Waals surface area contributed by atoms with Crippen molar-refractivity contribution < 1.29 is 0 Å². The minimum absolute atomic E-state index is 0.652. The monoisotopic (exact) mass is 275 g/mol. The molecule has 0 radical (unpaired) electrons. The lowest BCUT2D eigenvalue weighted by molar-refractivity contribution is 1.13. The molecule has 20 heavy (non-hydrogen) atoms. The van der Waals surface area contributed by atoms with Crippen molar-refractivity contribution in [2.45, 2.75) is 0 Å². The molecule has 0 bridgehead atoms. The molecule has 94 valence electrons. The van der Waals surface area contributed by atoms with Crippen molar-refractivity contribution in [3.63, 3.8) is 0 Å². The van der Waals surface area contributed by atoms with Crippen LogP contribution in [-0.4, -0.2) is 10.2 Å². The molecule has 0 amide bonds. The molecule has 2 aromatic heterocycles. The third-order valence-electron chi connectivity index (χ3n) is 3.43. The molecule has 4 rings (SSSR count). The number of fused-ring (bicyclic) bond motifs is 2. The molecule has 0 fully saturated rings. The van der Waals surface area contributed by atoms with Crippen LogP contribution in [0.1, 0.15) is 5.56 Å². The highest BCUT2D eigenvalue weighted by atomic mass is 32.1. The summed E-state index contributed by atoms with van der Waals surface area (Å²) >= 11 is 1.71. The van der Waals surface area contributed by atoms with Crippen molar-refractivity contribution in [1.82, 2.24) is 10.2 Å². The fraction of sp³-hybridized carbons (Fsp3) is 0. The van der Waals surface area contributed by atoms with Gasteiger partial charge < -0.3 is 0 Å². The van der Waals surface area contributed by atoms with Gasteiger partial charge >= 0.3 is 0 Å². The summed E-state index contributed by atoms with van der Waals surface area (Å²) in [6.07, 6.45) is 0. The third-order valence-corrected chi connectivity index (χ3v) is 4.39. The average molecular weight is 275 g/mol. The van der Waals surface area contributed by atoms with Crippen LogP contribution in [0, 0.1) is 11.3 Å². The van der Waals surface area contributed by atoms with Crippen LogP contribution in [0.25, 0.3) is 32.2 Å². The number of aromatic amines is 1. The summed E-state index contributed by atoms with van der Waals surface area (Å²) in [6.45, 7) is 0. The molecular weight excluding hydrogens is 266 g/mol. The first-order chi connectivity index (χ1) is 9.86. The number of nitrogens with one attached hydrogen (secondary N) is 1. The average Bonchev–Trinajstić information content (AvgIpc) is 3.09. The van der Waals surface area contributed by atoms with E-state index in [4.69, 9.17) is 5.26 Å². The van der Waals surface area contributed by atoms with E-state index < -0.39 is 0 Å². The lowest BCUT2D eigenvalue weighted by atomic mass is 10.1. The standard InChI is InChI=1S/C16H9N3S/c17-8-10-5-6-14-12(7-10)16(19-18-14)13-9-20-15-4-2-1-3-11(13)15/h1-7,9H,(H,18,19). The van der Waals surface area contributed by atoms with Gasteiger partial charge in [0.05, 0.1) is 17.1 Å². The van der Waals surface area contributed by atoms with E-state index >= 15 is 0 Å². The van der Waals surface area contributed by atoms with Crippen molar-refractivity contribution >= 4 is 32.3 Å². The van der Waals surface area contributed by atoms with Gasteiger partial charge in [-0.3, -0.25) is 5.10 Å². The third kappa shape index (κ3) is 1.54. The Kier molecular flexibility index (Phi) is 2.35. The number of H-pyrrole nitrogens is 1. The molecule has 0 aliphatic heterocycles. The lowest BCUT2D eigenvalue weighted by Gasteiger charge is -1.97. The Morgan fingerprint density at radius 1 is 1.10 bits per heavy atom.